The SMILES string of the molecule is CCC(NC(=O)CNC(=O)c1cccc(Cl)c1)c1ccc(C)cc1. The molecule has 0 aliphatic rings. The topological polar surface area (TPSA) is 58.2 Å². The van der Waals surface area contributed by atoms with Crippen LogP contribution in [0.5, 0.6) is 0 Å². The molecule has 0 radical (unpaired) electrons. The second-order valence-corrected chi connectivity index (χ2v) is 6.07. The van der Waals surface area contributed by atoms with Gasteiger partial charge in [-0.05, 0) is 37.1 Å². The van der Waals surface area contributed by atoms with Crippen LogP contribution in [0.1, 0.15) is 40.9 Å². The van der Waals surface area contributed by atoms with Crippen LogP contribution in [0, 0.1) is 6.92 Å². The summed E-state index contributed by atoms with van der Waals surface area (Å²) < 4.78 is 0. The Morgan fingerprint density at radius 2 is 1.83 bits per heavy atom. The summed E-state index contributed by atoms with van der Waals surface area (Å²) in [6.07, 6.45) is 0.775. The van der Waals surface area contributed by atoms with Crippen molar-refractivity contribution >= 4 is 23.4 Å². The number of carbonyl (C=O) groups excluding carboxylic acids is 2. The van der Waals surface area contributed by atoms with Gasteiger partial charge < -0.3 is 10.6 Å². The molecule has 2 amide bonds. The van der Waals surface area contributed by atoms with E-state index in [-0.39, 0.29) is 24.4 Å². The fourth-order valence-electron chi connectivity index (χ4n) is 2.36. The highest BCUT2D eigenvalue weighted by Crippen LogP contribution is 2.17. The molecule has 24 heavy (non-hydrogen) atoms. The van der Waals surface area contributed by atoms with Crippen LogP contribution in [-0.2, 0) is 4.79 Å². The van der Waals surface area contributed by atoms with Gasteiger partial charge in [0.05, 0.1) is 12.6 Å². The summed E-state index contributed by atoms with van der Waals surface area (Å²) in [6.45, 7) is 3.96. The smallest absolute Gasteiger partial charge is 0.251 e. The molecule has 0 aliphatic heterocycles. The molecule has 1 unspecified atom stereocenters. The van der Waals surface area contributed by atoms with Gasteiger partial charge in [-0.15, -0.1) is 0 Å². The van der Waals surface area contributed by atoms with E-state index in [2.05, 4.69) is 10.6 Å². The van der Waals surface area contributed by atoms with Gasteiger partial charge in [0.1, 0.15) is 0 Å². The summed E-state index contributed by atoms with van der Waals surface area (Å²) in [4.78, 5) is 24.1. The van der Waals surface area contributed by atoms with Crippen LogP contribution in [-0.4, -0.2) is 18.4 Å². The van der Waals surface area contributed by atoms with Gasteiger partial charge >= 0.3 is 0 Å². The summed E-state index contributed by atoms with van der Waals surface area (Å²) in [5.41, 5.74) is 2.66. The van der Waals surface area contributed by atoms with Gasteiger partial charge in [0, 0.05) is 10.6 Å². The summed E-state index contributed by atoms with van der Waals surface area (Å²) in [5.74, 6) is -0.547. The van der Waals surface area contributed by atoms with Crippen molar-refractivity contribution in [1.29, 1.82) is 0 Å². The molecule has 126 valence electrons. The van der Waals surface area contributed by atoms with Crippen molar-refractivity contribution in [2.75, 3.05) is 6.54 Å². The molecule has 2 aromatic carbocycles. The van der Waals surface area contributed by atoms with Gasteiger partial charge in [0.25, 0.3) is 5.91 Å². The van der Waals surface area contributed by atoms with Crippen LogP contribution in [0.3, 0.4) is 0 Å². The van der Waals surface area contributed by atoms with Crippen molar-refractivity contribution < 1.29 is 9.59 Å². The fourth-order valence-corrected chi connectivity index (χ4v) is 2.55. The molecule has 1 atom stereocenters. The van der Waals surface area contributed by atoms with Gasteiger partial charge in [0.2, 0.25) is 5.91 Å². The molecule has 0 saturated heterocycles. The first kappa shape index (κ1) is 18.0. The maximum atomic E-state index is 12.1. The number of rotatable bonds is 6. The van der Waals surface area contributed by atoms with Crippen LogP contribution < -0.4 is 10.6 Å². The van der Waals surface area contributed by atoms with Crippen LogP contribution in [0.25, 0.3) is 0 Å². The second kappa shape index (κ2) is 8.50. The predicted octanol–water partition coefficient (Wildman–Crippen LogP) is 3.65. The number of hydrogen-bond donors (Lipinski definition) is 2. The van der Waals surface area contributed by atoms with Crippen LogP contribution in [0.15, 0.2) is 48.5 Å². The second-order valence-electron chi connectivity index (χ2n) is 5.63. The first-order valence-electron chi connectivity index (χ1n) is 7.89. The highest BCUT2D eigenvalue weighted by atomic mass is 35.5. The molecule has 0 bridgehead atoms. The van der Waals surface area contributed by atoms with E-state index in [9.17, 15) is 9.59 Å². The maximum absolute atomic E-state index is 12.1. The van der Waals surface area contributed by atoms with Crippen LogP contribution in [0.4, 0.5) is 0 Å². The molecule has 0 heterocycles. The van der Waals surface area contributed by atoms with E-state index >= 15 is 0 Å². The van der Waals surface area contributed by atoms with Crippen LogP contribution >= 0.6 is 11.6 Å². The molecule has 0 fully saturated rings. The van der Waals surface area contributed by atoms with Gasteiger partial charge in [-0.2, -0.15) is 0 Å². The lowest BCUT2D eigenvalue weighted by Crippen LogP contribution is -2.38. The third-order valence-electron chi connectivity index (χ3n) is 3.72. The number of carbonyl (C=O) groups is 2. The minimum atomic E-state index is -0.323. The van der Waals surface area contributed by atoms with E-state index in [4.69, 9.17) is 11.6 Å². The van der Waals surface area contributed by atoms with Crippen molar-refractivity contribution in [2.45, 2.75) is 26.3 Å². The maximum Gasteiger partial charge on any atom is 0.251 e. The van der Waals surface area contributed by atoms with Crippen molar-refractivity contribution in [3.8, 4) is 0 Å². The Bertz CT molecular complexity index is 714. The van der Waals surface area contributed by atoms with Crippen LogP contribution in [0.2, 0.25) is 5.02 Å². The average molecular weight is 345 g/mol. The lowest BCUT2D eigenvalue weighted by Gasteiger charge is -2.18. The quantitative estimate of drug-likeness (QED) is 0.840. The van der Waals surface area contributed by atoms with E-state index in [0.29, 0.717) is 10.6 Å². The lowest BCUT2D eigenvalue weighted by atomic mass is 10.0. The summed E-state index contributed by atoms with van der Waals surface area (Å²) in [5, 5.41) is 6.03. The highest BCUT2D eigenvalue weighted by Gasteiger charge is 2.14. The Morgan fingerprint density at radius 1 is 1.12 bits per heavy atom. The van der Waals surface area contributed by atoms with Crippen molar-refractivity contribution in [3.05, 3.63) is 70.2 Å². The molecule has 4 nitrogen and oxygen atoms in total. The highest BCUT2D eigenvalue weighted by molar-refractivity contribution is 6.30. The van der Waals surface area contributed by atoms with E-state index in [1.54, 1.807) is 24.3 Å². The number of hydrogen-bond acceptors (Lipinski definition) is 2. The van der Waals surface area contributed by atoms with E-state index in [1.807, 2.05) is 38.1 Å². The molecular formula is C19H21ClN2O2. The third kappa shape index (κ3) is 5.10. The number of benzene rings is 2. The Hall–Kier alpha value is -2.33. The molecular weight excluding hydrogens is 324 g/mol. The van der Waals surface area contributed by atoms with E-state index in [0.717, 1.165) is 12.0 Å². The third-order valence-corrected chi connectivity index (χ3v) is 3.95. The fraction of sp³-hybridized carbons (Fsp3) is 0.263. The van der Waals surface area contributed by atoms with E-state index in [1.165, 1.54) is 5.56 Å². The zero-order chi connectivity index (χ0) is 17.5. The predicted molar refractivity (Wildman–Crippen MR) is 96.1 cm³/mol. The Labute approximate surface area is 147 Å². The van der Waals surface area contributed by atoms with E-state index < -0.39 is 0 Å². The zero-order valence-corrected chi connectivity index (χ0v) is 14.6. The summed E-state index contributed by atoms with van der Waals surface area (Å²) >= 11 is 5.86. The monoisotopic (exact) mass is 344 g/mol. The molecule has 2 aromatic rings. The molecule has 0 aliphatic carbocycles. The number of nitrogens with one attached hydrogen (secondary N) is 2. The molecule has 5 heteroatoms. The first-order chi connectivity index (χ1) is 11.5. The molecule has 0 spiro atoms. The lowest BCUT2D eigenvalue weighted by molar-refractivity contribution is -0.120. The van der Waals surface area contributed by atoms with Gasteiger partial charge in [-0.25, -0.2) is 0 Å². The molecule has 2 rings (SSSR count). The first-order valence-corrected chi connectivity index (χ1v) is 8.27. The van der Waals surface area contributed by atoms with Gasteiger partial charge in [-0.3, -0.25) is 9.59 Å². The largest absolute Gasteiger partial charge is 0.348 e. The summed E-state index contributed by atoms with van der Waals surface area (Å²) in [6, 6.07) is 14.6. The Morgan fingerprint density at radius 3 is 2.46 bits per heavy atom. The standard InChI is InChI=1S/C19H21ClN2O2/c1-3-17(14-9-7-13(2)8-10-14)22-18(23)12-21-19(24)15-5-4-6-16(20)11-15/h4-11,17H,3,12H2,1-2H3,(H,21,24)(H,22,23). The number of amides is 2. The average Bonchev–Trinajstić information content (AvgIpc) is 2.58. The Balaban J connectivity index is 1.89. The summed E-state index contributed by atoms with van der Waals surface area (Å²) in [7, 11) is 0. The number of halogens is 1. The van der Waals surface area contributed by atoms with Crippen molar-refractivity contribution in [2.24, 2.45) is 0 Å². The van der Waals surface area contributed by atoms with Gasteiger partial charge in [-0.1, -0.05) is 54.4 Å². The normalized spacial score (nSPS) is 11.6. The van der Waals surface area contributed by atoms with Gasteiger partial charge in [0.15, 0.2) is 0 Å². The minimum absolute atomic E-state index is 0.0684. The Kier molecular flexibility index (Phi) is 6.38. The number of aryl methyl sites for hydroxylation is 1. The zero-order valence-electron chi connectivity index (χ0n) is 13.8. The molecule has 0 saturated carbocycles. The molecule has 0 aromatic heterocycles. The van der Waals surface area contributed by atoms with Crippen molar-refractivity contribution in [3.63, 3.8) is 0 Å². The van der Waals surface area contributed by atoms with Crippen molar-refractivity contribution in [1.82, 2.24) is 10.6 Å². The molecule has 2 N–H and O–H groups in total. The minimum Gasteiger partial charge on any atom is -0.348 e.